The minimum Gasteiger partial charge on any atom is -0.478 e. The number of nitrogens with zero attached hydrogens (tertiary/aromatic N) is 2. The Labute approximate surface area is 173 Å². The van der Waals surface area contributed by atoms with Crippen molar-refractivity contribution in [3.8, 4) is 11.3 Å². The minimum absolute atomic E-state index is 0.0592. The van der Waals surface area contributed by atoms with Crippen LogP contribution < -0.4 is 0 Å². The van der Waals surface area contributed by atoms with Gasteiger partial charge in [0.15, 0.2) is 0 Å². The fraction of sp³-hybridized carbons (Fsp3) is 0.333. The molecule has 0 amide bonds. The second-order valence-electron chi connectivity index (χ2n) is 7.33. The molecule has 2 aromatic heterocycles. The molecule has 0 aliphatic carbocycles. The van der Waals surface area contributed by atoms with Crippen molar-refractivity contribution >= 4 is 38.2 Å². The molecule has 0 atom stereocenters. The Morgan fingerprint density at radius 3 is 2.45 bits per heavy atom. The van der Waals surface area contributed by atoms with Crippen molar-refractivity contribution in [3.05, 3.63) is 45.6 Å². The van der Waals surface area contributed by atoms with E-state index in [-0.39, 0.29) is 10.5 Å². The first kappa shape index (κ1) is 20.0. The maximum Gasteiger partial charge on any atom is 0.336 e. The van der Waals surface area contributed by atoms with Crippen molar-refractivity contribution in [1.82, 2.24) is 9.29 Å². The van der Waals surface area contributed by atoms with E-state index in [0.717, 1.165) is 34.6 Å². The smallest absolute Gasteiger partial charge is 0.336 e. The van der Waals surface area contributed by atoms with Gasteiger partial charge in [0.1, 0.15) is 0 Å². The van der Waals surface area contributed by atoms with Crippen LogP contribution >= 0.6 is 11.3 Å². The number of carboxylic acid groups (broad SMARTS) is 1. The van der Waals surface area contributed by atoms with Crippen molar-refractivity contribution in [2.45, 2.75) is 38.0 Å². The summed E-state index contributed by atoms with van der Waals surface area (Å²) in [5.41, 5.74) is 2.02. The summed E-state index contributed by atoms with van der Waals surface area (Å²) < 4.78 is 27.5. The van der Waals surface area contributed by atoms with Crippen LogP contribution in [0.1, 0.15) is 39.4 Å². The molecular formula is C21H22N2O4S2. The molecule has 1 N–H and O–H groups in total. The number of hydrogen-bond donors (Lipinski definition) is 1. The fourth-order valence-corrected chi connectivity index (χ4v) is 6.30. The normalized spacial score (nSPS) is 15.7. The maximum absolute atomic E-state index is 13.0. The highest BCUT2D eigenvalue weighted by Crippen LogP contribution is 2.33. The van der Waals surface area contributed by atoms with Crippen LogP contribution in [-0.2, 0) is 10.0 Å². The minimum atomic E-state index is -3.65. The van der Waals surface area contributed by atoms with Crippen molar-refractivity contribution < 1.29 is 18.3 Å². The first-order valence-electron chi connectivity index (χ1n) is 9.53. The summed E-state index contributed by atoms with van der Waals surface area (Å²) in [4.78, 5) is 18.9. The lowest BCUT2D eigenvalue weighted by Crippen LogP contribution is -2.35. The third kappa shape index (κ3) is 3.68. The van der Waals surface area contributed by atoms with Gasteiger partial charge < -0.3 is 5.11 Å². The van der Waals surface area contributed by atoms with Gasteiger partial charge in [-0.05, 0) is 57.0 Å². The van der Waals surface area contributed by atoms with E-state index < -0.39 is 16.0 Å². The average molecular weight is 431 g/mol. The van der Waals surface area contributed by atoms with Crippen LogP contribution in [0.3, 0.4) is 0 Å². The Kier molecular flexibility index (Phi) is 5.18. The first-order valence-corrected chi connectivity index (χ1v) is 11.8. The number of thiophene rings is 1. The van der Waals surface area contributed by atoms with Crippen LogP contribution in [0.5, 0.6) is 0 Å². The van der Waals surface area contributed by atoms with Crippen LogP contribution in [0.2, 0.25) is 0 Å². The van der Waals surface area contributed by atoms with Gasteiger partial charge >= 0.3 is 5.97 Å². The highest BCUT2D eigenvalue weighted by atomic mass is 32.2. The zero-order valence-corrected chi connectivity index (χ0v) is 17.9. The Bertz CT molecular complexity index is 1210. The van der Waals surface area contributed by atoms with E-state index in [4.69, 9.17) is 0 Å². The van der Waals surface area contributed by atoms with Gasteiger partial charge in [-0.1, -0.05) is 6.42 Å². The molecule has 152 valence electrons. The molecule has 0 saturated carbocycles. The summed E-state index contributed by atoms with van der Waals surface area (Å²) in [6.07, 6.45) is 2.72. The van der Waals surface area contributed by atoms with Crippen LogP contribution in [-0.4, -0.2) is 41.9 Å². The van der Waals surface area contributed by atoms with E-state index in [1.54, 1.807) is 17.4 Å². The topological polar surface area (TPSA) is 87.6 Å². The van der Waals surface area contributed by atoms with E-state index in [1.165, 1.54) is 22.5 Å². The third-order valence-corrected chi connectivity index (χ3v) is 8.14. The van der Waals surface area contributed by atoms with E-state index in [2.05, 4.69) is 4.98 Å². The summed E-state index contributed by atoms with van der Waals surface area (Å²) in [5.74, 6) is -1.10. The predicted molar refractivity (Wildman–Crippen MR) is 114 cm³/mol. The monoisotopic (exact) mass is 430 g/mol. The summed E-state index contributed by atoms with van der Waals surface area (Å²) in [7, 11) is -3.65. The number of pyridine rings is 1. The molecular weight excluding hydrogens is 408 g/mol. The van der Waals surface area contributed by atoms with Crippen LogP contribution in [0, 0.1) is 13.8 Å². The predicted octanol–water partition coefficient (Wildman–Crippen LogP) is 4.45. The lowest BCUT2D eigenvalue weighted by Gasteiger charge is -2.26. The van der Waals surface area contributed by atoms with E-state index in [9.17, 15) is 18.3 Å². The van der Waals surface area contributed by atoms with Gasteiger partial charge in [-0.3, -0.25) is 0 Å². The number of piperidine rings is 1. The number of aryl methyl sites for hydroxylation is 2. The lowest BCUT2D eigenvalue weighted by atomic mass is 10.0. The second-order valence-corrected chi connectivity index (χ2v) is 10.7. The van der Waals surface area contributed by atoms with Gasteiger partial charge in [0.05, 0.1) is 21.7 Å². The highest BCUT2D eigenvalue weighted by Gasteiger charge is 2.27. The number of aromatic carboxylic acids is 1. The molecule has 3 heterocycles. The van der Waals surface area contributed by atoms with Gasteiger partial charge in [-0.25, -0.2) is 18.2 Å². The average Bonchev–Trinajstić information content (AvgIpc) is 3.05. The van der Waals surface area contributed by atoms with Gasteiger partial charge in [0, 0.05) is 33.8 Å². The Hall–Kier alpha value is -2.29. The molecule has 0 unspecified atom stereocenters. The number of rotatable bonds is 4. The fourth-order valence-electron chi connectivity index (χ4n) is 3.82. The first-order chi connectivity index (χ1) is 13.8. The standard InChI is InChI=1S/C21H22N2O4S2/c1-13-10-16(14(2)28-13)20-12-18(21(24)25)17-11-15(6-7-19(17)22-20)29(26,27)23-8-4-3-5-9-23/h6-7,10-12H,3-5,8-9H2,1-2H3,(H,24,25). The number of carbonyl (C=O) groups is 1. The van der Waals surface area contributed by atoms with E-state index in [1.807, 2.05) is 19.9 Å². The summed E-state index contributed by atoms with van der Waals surface area (Å²) in [5, 5.41) is 10.1. The molecule has 8 heteroatoms. The molecule has 6 nitrogen and oxygen atoms in total. The molecule has 1 aliphatic heterocycles. The summed E-state index contributed by atoms with van der Waals surface area (Å²) >= 11 is 1.63. The lowest BCUT2D eigenvalue weighted by molar-refractivity contribution is 0.0699. The van der Waals surface area contributed by atoms with Crippen LogP contribution in [0.4, 0.5) is 0 Å². The Balaban J connectivity index is 1.87. The number of sulfonamides is 1. The Morgan fingerprint density at radius 2 is 1.83 bits per heavy atom. The molecule has 1 aliphatic rings. The molecule has 1 aromatic carbocycles. The molecule has 0 bridgehead atoms. The van der Waals surface area contributed by atoms with Gasteiger partial charge in [0.25, 0.3) is 0 Å². The number of hydrogen-bond acceptors (Lipinski definition) is 5. The second kappa shape index (κ2) is 7.51. The van der Waals surface area contributed by atoms with Crippen molar-refractivity contribution in [2.75, 3.05) is 13.1 Å². The zero-order valence-electron chi connectivity index (χ0n) is 16.3. The zero-order chi connectivity index (χ0) is 20.8. The summed E-state index contributed by atoms with van der Waals surface area (Å²) in [6, 6.07) is 8.12. The van der Waals surface area contributed by atoms with Gasteiger partial charge in [0.2, 0.25) is 10.0 Å². The molecule has 4 rings (SSSR count). The number of carboxylic acids is 1. The third-order valence-electron chi connectivity index (χ3n) is 5.28. The molecule has 0 radical (unpaired) electrons. The molecule has 29 heavy (non-hydrogen) atoms. The quantitative estimate of drug-likeness (QED) is 0.661. The van der Waals surface area contributed by atoms with Crippen molar-refractivity contribution in [3.63, 3.8) is 0 Å². The largest absolute Gasteiger partial charge is 0.478 e. The van der Waals surface area contributed by atoms with Crippen LogP contribution in [0.25, 0.3) is 22.2 Å². The van der Waals surface area contributed by atoms with E-state index >= 15 is 0 Å². The SMILES string of the molecule is Cc1cc(-c2cc(C(=O)O)c3cc(S(=O)(=O)N4CCCCC4)ccc3n2)c(C)s1. The number of fused-ring (bicyclic) bond motifs is 1. The van der Waals surface area contributed by atoms with Crippen molar-refractivity contribution in [1.29, 1.82) is 0 Å². The van der Waals surface area contributed by atoms with E-state index in [0.29, 0.717) is 29.7 Å². The number of benzene rings is 1. The molecule has 1 saturated heterocycles. The Morgan fingerprint density at radius 1 is 1.10 bits per heavy atom. The summed E-state index contributed by atoms with van der Waals surface area (Å²) in [6.45, 7) is 4.98. The van der Waals surface area contributed by atoms with Gasteiger partial charge in [-0.2, -0.15) is 4.31 Å². The molecule has 0 spiro atoms. The number of aromatic nitrogens is 1. The van der Waals surface area contributed by atoms with Crippen LogP contribution in [0.15, 0.2) is 35.2 Å². The highest BCUT2D eigenvalue weighted by molar-refractivity contribution is 7.89. The maximum atomic E-state index is 13.0. The van der Waals surface area contributed by atoms with Gasteiger partial charge in [-0.15, -0.1) is 11.3 Å². The molecule has 3 aromatic rings. The van der Waals surface area contributed by atoms with Crippen molar-refractivity contribution in [2.24, 2.45) is 0 Å². The molecule has 1 fully saturated rings.